The molecule has 0 aliphatic rings. The maximum Gasteiger partial charge on any atom is 0.230 e. The maximum atomic E-state index is 8.87. The Morgan fingerprint density at radius 3 is 3.10 bits per heavy atom. The third kappa shape index (κ3) is 0.604. The Bertz CT molecular complexity index is 322. The van der Waals surface area contributed by atoms with E-state index in [1.165, 1.54) is 18.7 Å². The molecule has 2 aromatic rings. The highest BCUT2D eigenvalue weighted by atomic mass is 16.3. The van der Waals surface area contributed by atoms with Gasteiger partial charge in [-0.25, -0.2) is 0 Å². The predicted molar refractivity (Wildman–Crippen MR) is 32.4 cm³/mol. The molecule has 1 N–H and O–H groups in total. The standard InChI is InChI=1S/C5H4N4O/c10-5-2-9-3-7-6-1-4(9)8-5/h1-3,10H. The van der Waals surface area contributed by atoms with Crippen molar-refractivity contribution >= 4 is 5.65 Å². The van der Waals surface area contributed by atoms with Crippen LogP contribution in [0.5, 0.6) is 5.88 Å². The van der Waals surface area contributed by atoms with Gasteiger partial charge < -0.3 is 5.11 Å². The van der Waals surface area contributed by atoms with Crippen molar-refractivity contribution in [1.82, 2.24) is 19.6 Å². The van der Waals surface area contributed by atoms with Crippen LogP contribution < -0.4 is 0 Å². The first-order valence-corrected chi connectivity index (χ1v) is 2.70. The first kappa shape index (κ1) is 5.16. The molecule has 0 aliphatic carbocycles. The van der Waals surface area contributed by atoms with Crippen molar-refractivity contribution < 1.29 is 5.11 Å². The highest BCUT2D eigenvalue weighted by Crippen LogP contribution is 2.05. The van der Waals surface area contributed by atoms with E-state index in [2.05, 4.69) is 15.2 Å². The summed E-state index contributed by atoms with van der Waals surface area (Å²) < 4.78 is 1.59. The van der Waals surface area contributed by atoms with E-state index in [0.29, 0.717) is 5.65 Å². The molecule has 5 nitrogen and oxygen atoms in total. The third-order valence-corrected chi connectivity index (χ3v) is 1.16. The predicted octanol–water partition coefficient (Wildman–Crippen LogP) is -0.170. The van der Waals surface area contributed by atoms with E-state index in [1.54, 1.807) is 4.40 Å². The fourth-order valence-electron chi connectivity index (χ4n) is 0.753. The summed E-state index contributed by atoms with van der Waals surface area (Å²) in [6, 6.07) is 0. The van der Waals surface area contributed by atoms with Crippen LogP contribution in [0.1, 0.15) is 0 Å². The summed E-state index contributed by atoms with van der Waals surface area (Å²) in [4.78, 5) is 3.73. The molecule has 0 unspecified atom stereocenters. The molecule has 0 saturated heterocycles. The molecule has 0 bridgehead atoms. The summed E-state index contributed by atoms with van der Waals surface area (Å²) in [5, 5.41) is 16.0. The van der Waals surface area contributed by atoms with Crippen molar-refractivity contribution in [3.8, 4) is 5.88 Å². The van der Waals surface area contributed by atoms with Crippen molar-refractivity contribution in [2.75, 3.05) is 0 Å². The molecular weight excluding hydrogens is 132 g/mol. The van der Waals surface area contributed by atoms with E-state index in [-0.39, 0.29) is 5.88 Å². The molecule has 0 amide bonds. The van der Waals surface area contributed by atoms with E-state index in [0.717, 1.165) is 0 Å². The van der Waals surface area contributed by atoms with Gasteiger partial charge in [0, 0.05) is 0 Å². The second kappa shape index (κ2) is 1.66. The molecule has 10 heavy (non-hydrogen) atoms. The molecule has 0 aromatic carbocycles. The lowest BCUT2D eigenvalue weighted by Crippen LogP contribution is -1.86. The zero-order valence-electron chi connectivity index (χ0n) is 4.97. The lowest BCUT2D eigenvalue weighted by molar-refractivity contribution is 0.457. The Hall–Kier alpha value is -1.65. The minimum Gasteiger partial charge on any atom is -0.492 e. The molecule has 0 atom stereocenters. The summed E-state index contributed by atoms with van der Waals surface area (Å²) in [6.07, 6.45) is 4.41. The van der Waals surface area contributed by atoms with Gasteiger partial charge in [0.15, 0.2) is 5.65 Å². The lowest BCUT2D eigenvalue weighted by atomic mass is 10.8. The number of aromatic hydroxyl groups is 1. The van der Waals surface area contributed by atoms with Crippen LogP contribution in [-0.4, -0.2) is 24.7 Å². The van der Waals surface area contributed by atoms with Crippen molar-refractivity contribution in [2.45, 2.75) is 0 Å². The van der Waals surface area contributed by atoms with E-state index in [9.17, 15) is 0 Å². The Balaban J connectivity index is 2.88. The van der Waals surface area contributed by atoms with E-state index >= 15 is 0 Å². The molecule has 0 saturated carbocycles. The Morgan fingerprint density at radius 2 is 2.30 bits per heavy atom. The number of imidazole rings is 1. The van der Waals surface area contributed by atoms with Crippen molar-refractivity contribution in [3.05, 3.63) is 18.7 Å². The molecule has 2 rings (SSSR count). The fraction of sp³-hybridized carbons (Fsp3) is 0. The van der Waals surface area contributed by atoms with Crippen LogP contribution in [0.25, 0.3) is 5.65 Å². The third-order valence-electron chi connectivity index (χ3n) is 1.16. The Morgan fingerprint density at radius 1 is 1.40 bits per heavy atom. The van der Waals surface area contributed by atoms with Crippen LogP contribution in [0, 0.1) is 0 Å². The van der Waals surface area contributed by atoms with Gasteiger partial charge in [0.2, 0.25) is 5.88 Å². The second-order valence-corrected chi connectivity index (χ2v) is 1.84. The molecule has 2 aromatic heterocycles. The van der Waals surface area contributed by atoms with Crippen LogP contribution in [0.3, 0.4) is 0 Å². The molecule has 50 valence electrons. The van der Waals surface area contributed by atoms with Crippen LogP contribution in [0.2, 0.25) is 0 Å². The van der Waals surface area contributed by atoms with Gasteiger partial charge in [-0.2, -0.15) is 10.1 Å². The highest BCUT2D eigenvalue weighted by Gasteiger charge is 1.96. The van der Waals surface area contributed by atoms with Crippen molar-refractivity contribution in [1.29, 1.82) is 0 Å². The molecule has 0 fully saturated rings. The largest absolute Gasteiger partial charge is 0.492 e. The van der Waals surface area contributed by atoms with E-state index in [4.69, 9.17) is 5.11 Å². The van der Waals surface area contributed by atoms with Gasteiger partial charge in [0.1, 0.15) is 6.33 Å². The van der Waals surface area contributed by atoms with Crippen LogP contribution in [0.4, 0.5) is 0 Å². The van der Waals surface area contributed by atoms with E-state index in [1.807, 2.05) is 0 Å². The topological polar surface area (TPSA) is 63.3 Å². The summed E-state index contributed by atoms with van der Waals surface area (Å²) in [6.45, 7) is 0. The monoisotopic (exact) mass is 136 g/mol. The average Bonchev–Trinajstić information content (AvgIpc) is 2.27. The van der Waals surface area contributed by atoms with Gasteiger partial charge >= 0.3 is 0 Å². The Kier molecular flexibility index (Phi) is 0.858. The summed E-state index contributed by atoms with van der Waals surface area (Å²) in [7, 11) is 0. The molecule has 0 radical (unpaired) electrons. The minimum atomic E-state index is -0.0187. The summed E-state index contributed by atoms with van der Waals surface area (Å²) in [5.74, 6) is -0.0187. The van der Waals surface area contributed by atoms with Gasteiger partial charge in [-0.05, 0) is 0 Å². The van der Waals surface area contributed by atoms with E-state index < -0.39 is 0 Å². The summed E-state index contributed by atoms with van der Waals surface area (Å²) in [5.41, 5.74) is 0.590. The normalized spacial score (nSPS) is 10.4. The molecule has 0 spiro atoms. The van der Waals surface area contributed by atoms with Gasteiger partial charge in [-0.15, -0.1) is 5.10 Å². The molecule has 0 aliphatic heterocycles. The van der Waals surface area contributed by atoms with Gasteiger partial charge in [-0.1, -0.05) is 0 Å². The molecular formula is C5H4N4O. The quantitative estimate of drug-likeness (QED) is 0.546. The van der Waals surface area contributed by atoms with Crippen LogP contribution in [-0.2, 0) is 0 Å². The SMILES string of the molecule is Oc1cn2cnncc2n1. The number of hydrogen-bond donors (Lipinski definition) is 1. The van der Waals surface area contributed by atoms with Gasteiger partial charge in [0.25, 0.3) is 0 Å². The van der Waals surface area contributed by atoms with Crippen molar-refractivity contribution in [2.24, 2.45) is 0 Å². The fourth-order valence-corrected chi connectivity index (χ4v) is 0.753. The van der Waals surface area contributed by atoms with Crippen LogP contribution >= 0.6 is 0 Å². The molecule has 5 heteroatoms. The smallest absolute Gasteiger partial charge is 0.230 e. The zero-order chi connectivity index (χ0) is 6.97. The molecule has 2 heterocycles. The second-order valence-electron chi connectivity index (χ2n) is 1.84. The van der Waals surface area contributed by atoms with Gasteiger partial charge in [-0.3, -0.25) is 4.40 Å². The minimum absolute atomic E-state index is 0.0187. The number of rotatable bonds is 0. The Labute approximate surface area is 56.0 Å². The maximum absolute atomic E-state index is 8.87. The highest BCUT2D eigenvalue weighted by molar-refractivity contribution is 5.36. The zero-order valence-corrected chi connectivity index (χ0v) is 4.97. The lowest BCUT2D eigenvalue weighted by Gasteiger charge is -1.84. The number of aromatic nitrogens is 4. The first-order valence-electron chi connectivity index (χ1n) is 2.70. The number of fused-ring (bicyclic) bond motifs is 1. The van der Waals surface area contributed by atoms with Crippen LogP contribution in [0.15, 0.2) is 18.7 Å². The summed E-state index contributed by atoms with van der Waals surface area (Å²) >= 11 is 0. The number of nitrogens with zero attached hydrogens (tertiary/aromatic N) is 4. The van der Waals surface area contributed by atoms with Crippen molar-refractivity contribution in [3.63, 3.8) is 0 Å². The number of hydrogen-bond acceptors (Lipinski definition) is 4. The first-order chi connectivity index (χ1) is 4.86. The average molecular weight is 136 g/mol. The van der Waals surface area contributed by atoms with Gasteiger partial charge in [0.05, 0.1) is 12.4 Å².